The van der Waals surface area contributed by atoms with E-state index in [0.29, 0.717) is 41.9 Å². The number of guanidine groups is 1. The van der Waals surface area contributed by atoms with Crippen LogP contribution in [0.4, 0.5) is 0 Å². The number of rotatable bonds is 10. The number of nitrogens with zero attached hydrogens (tertiary/aromatic N) is 1. The van der Waals surface area contributed by atoms with Gasteiger partial charge in [-0.3, -0.25) is 4.99 Å². The Labute approximate surface area is 196 Å². The van der Waals surface area contributed by atoms with Gasteiger partial charge < -0.3 is 20.1 Å². The van der Waals surface area contributed by atoms with E-state index in [2.05, 4.69) is 15.6 Å². The van der Waals surface area contributed by atoms with Crippen LogP contribution in [0.15, 0.2) is 58.4 Å². The molecular weight excluding hydrogens is 517 g/mol. The van der Waals surface area contributed by atoms with Crippen LogP contribution < -0.4 is 20.1 Å². The van der Waals surface area contributed by atoms with Gasteiger partial charge in [0.15, 0.2) is 27.3 Å². The molecule has 2 N–H and O–H groups in total. The monoisotopic (exact) mass is 547 g/mol. The summed E-state index contributed by atoms with van der Waals surface area (Å²) in [5, 5.41) is 6.38. The summed E-state index contributed by atoms with van der Waals surface area (Å²) in [7, 11) is 1.66. The van der Waals surface area contributed by atoms with E-state index in [0.717, 1.165) is 12.0 Å². The molecule has 0 atom stereocenters. The Hall–Kier alpha value is -2.01. The molecule has 7 nitrogen and oxygen atoms in total. The molecule has 9 heteroatoms. The van der Waals surface area contributed by atoms with E-state index in [1.807, 2.05) is 18.2 Å². The molecule has 0 aliphatic carbocycles. The van der Waals surface area contributed by atoms with E-state index in [1.54, 1.807) is 51.6 Å². The predicted octanol–water partition coefficient (Wildman–Crippen LogP) is 2.89. The Morgan fingerprint density at radius 3 is 2.27 bits per heavy atom. The van der Waals surface area contributed by atoms with Crippen molar-refractivity contribution in [1.29, 1.82) is 0 Å². The zero-order valence-corrected chi connectivity index (χ0v) is 20.7. The van der Waals surface area contributed by atoms with Gasteiger partial charge in [0.25, 0.3) is 0 Å². The second kappa shape index (κ2) is 13.3. The molecule has 0 aliphatic rings. The van der Waals surface area contributed by atoms with Gasteiger partial charge in [-0.1, -0.05) is 24.3 Å². The first-order valence-corrected chi connectivity index (χ1v) is 11.1. The molecule has 2 rings (SSSR count). The minimum absolute atomic E-state index is 0. The van der Waals surface area contributed by atoms with Crippen LogP contribution in [0.5, 0.6) is 11.5 Å². The maximum absolute atomic E-state index is 12.3. The molecule has 2 aromatic carbocycles. The summed E-state index contributed by atoms with van der Waals surface area (Å²) >= 11 is 0. The zero-order valence-electron chi connectivity index (χ0n) is 17.6. The Bertz CT molecular complexity index is 906. The topological polar surface area (TPSA) is 89.0 Å². The Morgan fingerprint density at radius 1 is 0.967 bits per heavy atom. The third-order valence-electron chi connectivity index (χ3n) is 4.36. The van der Waals surface area contributed by atoms with E-state index in [9.17, 15) is 8.42 Å². The lowest BCUT2D eigenvalue weighted by Gasteiger charge is -2.13. The molecule has 2 aromatic rings. The second-order valence-electron chi connectivity index (χ2n) is 6.35. The normalized spacial score (nSPS) is 11.4. The van der Waals surface area contributed by atoms with E-state index < -0.39 is 9.84 Å². The molecule has 0 amide bonds. The molecule has 166 valence electrons. The Morgan fingerprint density at radius 2 is 1.63 bits per heavy atom. The third kappa shape index (κ3) is 8.02. The zero-order chi connectivity index (χ0) is 21.1. The van der Waals surface area contributed by atoms with Crippen molar-refractivity contribution >= 4 is 39.8 Å². The van der Waals surface area contributed by atoms with Crippen LogP contribution >= 0.6 is 24.0 Å². The molecule has 0 radical (unpaired) electrons. The lowest BCUT2D eigenvalue weighted by molar-refractivity contribution is 0.354. The number of aliphatic imine (C=N–C) groups is 1. The van der Waals surface area contributed by atoms with Crippen LogP contribution in [0.1, 0.15) is 12.0 Å². The van der Waals surface area contributed by atoms with Crippen LogP contribution in [-0.2, 0) is 16.3 Å². The number of sulfone groups is 1. The van der Waals surface area contributed by atoms with Crippen molar-refractivity contribution in [3.63, 3.8) is 0 Å². The van der Waals surface area contributed by atoms with E-state index in [4.69, 9.17) is 9.47 Å². The number of halogens is 1. The highest BCUT2D eigenvalue weighted by atomic mass is 127. The van der Waals surface area contributed by atoms with E-state index in [1.165, 1.54) is 0 Å². The summed E-state index contributed by atoms with van der Waals surface area (Å²) in [5.74, 6) is 2.13. The van der Waals surface area contributed by atoms with Gasteiger partial charge in [0, 0.05) is 20.1 Å². The summed E-state index contributed by atoms with van der Waals surface area (Å²) in [6, 6.07) is 14.3. The number of nitrogens with one attached hydrogen (secondary N) is 2. The highest BCUT2D eigenvalue weighted by Gasteiger charge is 2.13. The van der Waals surface area contributed by atoms with Crippen molar-refractivity contribution in [2.45, 2.75) is 17.7 Å². The van der Waals surface area contributed by atoms with Crippen LogP contribution in [0.2, 0.25) is 0 Å². The number of ether oxygens (including phenoxy) is 2. The number of hydrogen-bond acceptors (Lipinski definition) is 5. The maximum Gasteiger partial charge on any atom is 0.190 e. The SMILES string of the molecule is CN=C(NCCCS(=O)(=O)c1ccccc1)NCCc1ccc(OC)c(OC)c1.I. The fourth-order valence-electron chi connectivity index (χ4n) is 2.80. The van der Waals surface area contributed by atoms with Gasteiger partial charge in [0.05, 0.1) is 24.9 Å². The van der Waals surface area contributed by atoms with Crippen LogP contribution in [0.25, 0.3) is 0 Å². The van der Waals surface area contributed by atoms with Crippen molar-refractivity contribution in [1.82, 2.24) is 10.6 Å². The standard InChI is InChI=1S/C21H29N3O4S.HI/c1-22-21(23-13-7-15-29(25,26)18-8-5-4-6-9-18)24-14-12-17-10-11-19(27-2)20(16-17)28-3;/h4-6,8-11,16H,7,12-15H2,1-3H3,(H2,22,23,24);1H. The minimum atomic E-state index is -3.25. The first-order valence-electron chi connectivity index (χ1n) is 9.43. The average Bonchev–Trinajstić information content (AvgIpc) is 2.75. The maximum atomic E-state index is 12.3. The van der Waals surface area contributed by atoms with E-state index >= 15 is 0 Å². The summed E-state index contributed by atoms with van der Waals surface area (Å²) in [6.45, 7) is 1.19. The van der Waals surface area contributed by atoms with Crippen molar-refractivity contribution in [3.05, 3.63) is 54.1 Å². The van der Waals surface area contributed by atoms with Gasteiger partial charge in [0.1, 0.15) is 0 Å². The quantitative estimate of drug-likeness (QED) is 0.206. The summed E-state index contributed by atoms with van der Waals surface area (Å²) in [5.41, 5.74) is 1.11. The van der Waals surface area contributed by atoms with Crippen molar-refractivity contribution in [2.24, 2.45) is 4.99 Å². The van der Waals surface area contributed by atoms with E-state index in [-0.39, 0.29) is 29.7 Å². The molecule has 0 unspecified atom stereocenters. The highest BCUT2D eigenvalue weighted by molar-refractivity contribution is 14.0. The Balaban J connectivity index is 0.00000450. The molecule has 0 aliphatic heterocycles. The highest BCUT2D eigenvalue weighted by Crippen LogP contribution is 2.27. The smallest absolute Gasteiger partial charge is 0.190 e. The minimum Gasteiger partial charge on any atom is -0.493 e. The molecule has 0 saturated carbocycles. The number of benzene rings is 2. The number of methoxy groups -OCH3 is 2. The molecule has 0 fully saturated rings. The molecule has 0 aromatic heterocycles. The average molecular weight is 547 g/mol. The summed E-state index contributed by atoms with van der Waals surface area (Å²) in [4.78, 5) is 4.53. The van der Waals surface area contributed by atoms with Crippen molar-refractivity contribution in [3.8, 4) is 11.5 Å². The van der Waals surface area contributed by atoms with Gasteiger partial charge in [-0.25, -0.2) is 8.42 Å². The molecular formula is C21H30IN3O4S. The van der Waals surface area contributed by atoms with Crippen LogP contribution in [0.3, 0.4) is 0 Å². The molecule has 0 heterocycles. The van der Waals surface area contributed by atoms with Gasteiger partial charge >= 0.3 is 0 Å². The first-order chi connectivity index (χ1) is 14.0. The first kappa shape index (κ1) is 26.0. The molecule has 0 spiro atoms. The lowest BCUT2D eigenvalue weighted by Crippen LogP contribution is -2.39. The van der Waals surface area contributed by atoms with Crippen LogP contribution in [-0.4, -0.2) is 54.5 Å². The summed E-state index contributed by atoms with van der Waals surface area (Å²) < 4.78 is 35.1. The van der Waals surface area contributed by atoms with Gasteiger partial charge in [-0.2, -0.15) is 0 Å². The summed E-state index contributed by atoms with van der Waals surface area (Å²) in [6.07, 6.45) is 1.27. The Kier molecular flexibility index (Phi) is 11.6. The number of hydrogen-bond donors (Lipinski definition) is 2. The predicted molar refractivity (Wildman–Crippen MR) is 131 cm³/mol. The van der Waals surface area contributed by atoms with Gasteiger partial charge in [-0.15, -0.1) is 24.0 Å². The van der Waals surface area contributed by atoms with Crippen molar-refractivity contribution < 1.29 is 17.9 Å². The fourth-order valence-corrected chi connectivity index (χ4v) is 4.13. The molecule has 30 heavy (non-hydrogen) atoms. The molecule has 0 saturated heterocycles. The van der Waals surface area contributed by atoms with Gasteiger partial charge in [-0.05, 0) is 42.7 Å². The second-order valence-corrected chi connectivity index (χ2v) is 8.46. The molecule has 0 bridgehead atoms. The fraction of sp³-hybridized carbons (Fsp3) is 0.381. The van der Waals surface area contributed by atoms with Gasteiger partial charge in [0.2, 0.25) is 0 Å². The van der Waals surface area contributed by atoms with Crippen LogP contribution in [0, 0.1) is 0 Å². The van der Waals surface area contributed by atoms with Crippen molar-refractivity contribution in [2.75, 3.05) is 40.1 Å². The largest absolute Gasteiger partial charge is 0.493 e. The lowest BCUT2D eigenvalue weighted by atomic mass is 10.1. The third-order valence-corrected chi connectivity index (χ3v) is 6.18.